The highest BCUT2D eigenvalue weighted by molar-refractivity contribution is 7.13. The number of hydrazine groups is 1. The first-order chi connectivity index (χ1) is 12.1. The molecule has 0 fully saturated rings. The van der Waals surface area contributed by atoms with Crippen molar-refractivity contribution in [1.29, 1.82) is 0 Å². The lowest BCUT2D eigenvalue weighted by atomic mass is 10.1. The van der Waals surface area contributed by atoms with Crippen molar-refractivity contribution < 1.29 is 9.59 Å². The Hall–Kier alpha value is -2.99. The number of carbonyl (C=O) groups excluding carboxylic acids is 2. The van der Waals surface area contributed by atoms with Crippen LogP contribution in [0.5, 0.6) is 0 Å². The number of hydrogen-bond donors (Lipinski definition) is 2. The van der Waals surface area contributed by atoms with Gasteiger partial charge in [0.25, 0.3) is 5.91 Å². The van der Waals surface area contributed by atoms with E-state index < -0.39 is 0 Å². The van der Waals surface area contributed by atoms with Gasteiger partial charge in [-0.05, 0) is 18.6 Å². The van der Waals surface area contributed by atoms with Gasteiger partial charge in [0, 0.05) is 16.5 Å². The molecule has 1 aromatic heterocycles. The van der Waals surface area contributed by atoms with E-state index >= 15 is 0 Å². The molecule has 0 radical (unpaired) electrons. The lowest BCUT2D eigenvalue weighted by Gasteiger charge is -2.08. The van der Waals surface area contributed by atoms with Crippen molar-refractivity contribution in [3.63, 3.8) is 0 Å². The van der Waals surface area contributed by atoms with Gasteiger partial charge in [0.2, 0.25) is 5.91 Å². The van der Waals surface area contributed by atoms with Crippen LogP contribution in [0.15, 0.2) is 60.0 Å². The summed E-state index contributed by atoms with van der Waals surface area (Å²) in [4.78, 5) is 28.6. The van der Waals surface area contributed by atoms with Crippen molar-refractivity contribution in [2.24, 2.45) is 0 Å². The molecule has 25 heavy (non-hydrogen) atoms. The zero-order chi connectivity index (χ0) is 17.6. The Balaban J connectivity index is 1.56. The van der Waals surface area contributed by atoms with Gasteiger partial charge in [-0.25, -0.2) is 4.98 Å². The Labute approximate surface area is 149 Å². The molecular weight excluding hydrogens is 334 g/mol. The lowest BCUT2D eigenvalue weighted by molar-refractivity contribution is -0.121. The molecule has 0 saturated heterocycles. The number of benzene rings is 2. The van der Waals surface area contributed by atoms with Gasteiger partial charge in [-0.15, -0.1) is 11.3 Å². The van der Waals surface area contributed by atoms with Crippen LogP contribution in [0, 0.1) is 6.92 Å². The second-order valence-electron chi connectivity index (χ2n) is 5.50. The number of thiazole rings is 1. The SMILES string of the molecule is Cc1ccccc1C(=O)NNC(=O)Cc1csc(-c2ccccc2)n1. The van der Waals surface area contributed by atoms with E-state index in [9.17, 15) is 9.59 Å². The fourth-order valence-corrected chi connectivity index (χ4v) is 3.16. The average molecular weight is 351 g/mol. The molecule has 0 bridgehead atoms. The number of hydrogen-bond acceptors (Lipinski definition) is 4. The fraction of sp³-hybridized carbons (Fsp3) is 0.105. The van der Waals surface area contributed by atoms with Gasteiger partial charge in [-0.1, -0.05) is 48.5 Å². The molecule has 0 saturated carbocycles. The van der Waals surface area contributed by atoms with Crippen LogP contribution in [0.2, 0.25) is 0 Å². The monoisotopic (exact) mass is 351 g/mol. The van der Waals surface area contributed by atoms with E-state index in [1.807, 2.05) is 54.8 Å². The highest BCUT2D eigenvalue weighted by Gasteiger charge is 2.11. The quantitative estimate of drug-likeness (QED) is 0.710. The third kappa shape index (κ3) is 4.30. The molecule has 3 rings (SSSR count). The van der Waals surface area contributed by atoms with Crippen LogP contribution in [0.1, 0.15) is 21.6 Å². The van der Waals surface area contributed by atoms with Gasteiger partial charge in [-0.2, -0.15) is 0 Å². The molecule has 5 nitrogen and oxygen atoms in total. The molecule has 0 aliphatic heterocycles. The predicted molar refractivity (Wildman–Crippen MR) is 98.0 cm³/mol. The van der Waals surface area contributed by atoms with Crippen LogP contribution in [-0.2, 0) is 11.2 Å². The Morgan fingerprint density at radius 2 is 1.72 bits per heavy atom. The summed E-state index contributed by atoms with van der Waals surface area (Å²) in [6.45, 7) is 1.84. The van der Waals surface area contributed by atoms with E-state index in [1.165, 1.54) is 11.3 Å². The first-order valence-corrected chi connectivity index (χ1v) is 8.66. The fourth-order valence-electron chi connectivity index (χ4n) is 2.33. The zero-order valence-electron chi connectivity index (χ0n) is 13.7. The van der Waals surface area contributed by atoms with Gasteiger partial charge in [-0.3, -0.25) is 20.4 Å². The standard InChI is InChI=1S/C19H17N3O2S/c1-13-7-5-6-10-16(13)18(24)22-21-17(23)11-15-12-25-19(20-15)14-8-3-2-4-9-14/h2-10,12H,11H2,1H3,(H,21,23)(H,22,24). The summed E-state index contributed by atoms with van der Waals surface area (Å²) in [6.07, 6.45) is 0.109. The topological polar surface area (TPSA) is 71.1 Å². The Kier molecular flexibility index (Phi) is 5.20. The molecule has 0 atom stereocenters. The highest BCUT2D eigenvalue weighted by Crippen LogP contribution is 2.23. The second-order valence-corrected chi connectivity index (χ2v) is 6.36. The molecule has 2 N–H and O–H groups in total. The Bertz CT molecular complexity index is 890. The summed E-state index contributed by atoms with van der Waals surface area (Å²) >= 11 is 1.49. The molecule has 2 amide bonds. The van der Waals surface area contributed by atoms with Gasteiger partial charge >= 0.3 is 0 Å². The van der Waals surface area contributed by atoms with E-state index in [2.05, 4.69) is 15.8 Å². The summed E-state index contributed by atoms with van der Waals surface area (Å²) in [5.74, 6) is -0.651. The van der Waals surface area contributed by atoms with E-state index in [0.29, 0.717) is 11.3 Å². The van der Waals surface area contributed by atoms with Crippen LogP contribution < -0.4 is 10.9 Å². The van der Waals surface area contributed by atoms with Gasteiger partial charge in [0.05, 0.1) is 12.1 Å². The lowest BCUT2D eigenvalue weighted by Crippen LogP contribution is -2.42. The summed E-state index contributed by atoms with van der Waals surface area (Å²) in [7, 11) is 0. The predicted octanol–water partition coefficient (Wildman–Crippen LogP) is 3.12. The van der Waals surface area contributed by atoms with Crippen molar-refractivity contribution in [2.45, 2.75) is 13.3 Å². The Morgan fingerprint density at radius 3 is 2.48 bits per heavy atom. The Morgan fingerprint density at radius 1 is 1.00 bits per heavy atom. The average Bonchev–Trinajstić information content (AvgIpc) is 3.09. The molecule has 0 unspecified atom stereocenters. The minimum Gasteiger partial charge on any atom is -0.273 e. The number of nitrogens with zero attached hydrogens (tertiary/aromatic N) is 1. The van der Waals surface area contributed by atoms with Crippen LogP contribution in [-0.4, -0.2) is 16.8 Å². The molecule has 0 spiro atoms. The number of rotatable bonds is 4. The van der Waals surface area contributed by atoms with Crippen molar-refractivity contribution in [2.75, 3.05) is 0 Å². The first-order valence-electron chi connectivity index (χ1n) is 7.78. The molecule has 1 heterocycles. The third-order valence-electron chi connectivity index (χ3n) is 3.62. The van der Waals surface area contributed by atoms with Gasteiger partial charge < -0.3 is 0 Å². The van der Waals surface area contributed by atoms with Crippen LogP contribution >= 0.6 is 11.3 Å². The number of aryl methyl sites for hydroxylation is 1. The van der Waals surface area contributed by atoms with Crippen LogP contribution in [0.3, 0.4) is 0 Å². The summed E-state index contributed by atoms with van der Waals surface area (Å²) in [5.41, 5.74) is 7.94. The first kappa shape index (κ1) is 16.9. The summed E-state index contributed by atoms with van der Waals surface area (Å²) < 4.78 is 0. The van der Waals surface area contributed by atoms with Gasteiger partial charge in [0.15, 0.2) is 0 Å². The van der Waals surface area contributed by atoms with Gasteiger partial charge in [0.1, 0.15) is 5.01 Å². The summed E-state index contributed by atoms with van der Waals surface area (Å²) in [6, 6.07) is 17.0. The molecule has 0 aliphatic rings. The number of nitrogens with one attached hydrogen (secondary N) is 2. The van der Waals surface area contributed by atoms with E-state index in [1.54, 1.807) is 12.1 Å². The maximum absolute atomic E-state index is 12.1. The molecular formula is C19H17N3O2S. The number of carbonyl (C=O) groups is 2. The highest BCUT2D eigenvalue weighted by atomic mass is 32.1. The summed E-state index contributed by atoms with van der Waals surface area (Å²) in [5, 5.41) is 2.72. The largest absolute Gasteiger partial charge is 0.273 e. The third-order valence-corrected chi connectivity index (χ3v) is 4.56. The molecule has 2 aromatic carbocycles. The van der Waals surface area contributed by atoms with E-state index in [4.69, 9.17) is 0 Å². The minimum atomic E-state index is -0.338. The molecule has 126 valence electrons. The van der Waals surface area contributed by atoms with Crippen molar-refractivity contribution >= 4 is 23.2 Å². The van der Waals surface area contributed by atoms with E-state index in [0.717, 1.165) is 16.1 Å². The smallest absolute Gasteiger partial charge is 0.269 e. The van der Waals surface area contributed by atoms with E-state index in [-0.39, 0.29) is 18.2 Å². The maximum Gasteiger partial charge on any atom is 0.269 e. The van der Waals surface area contributed by atoms with Crippen molar-refractivity contribution in [1.82, 2.24) is 15.8 Å². The van der Waals surface area contributed by atoms with Crippen LogP contribution in [0.4, 0.5) is 0 Å². The minimum absolute atomic E-state index is 0.109. The van der Waals surface area contributed by atoms with Crippen molar-refractivity contribution in [3.05, 3.63) is 76.8 Å². The molecule has 0 aliphatic carbocycles. The number of amides is 2. The molecule has 3 aromatic rings. The molecule has 6 heteroatoms. The zero-order valence-corrected chi connectivity index (χ0v) is 14.5. The normalized spacial score (nSPS) is 10.3. The maximum atomic E-state index is 12.1. The number of aromatic nitrogens is 1. The second kappa shape index (κ2) is 7.72. The van der Waals surface area contributed by atoms with Crippen molar-refractivity contribution in [3.8, 4) is 10.6 Å². The van der Waals surface area contributed by atoms with Crippen LogP contribution in [0.25, 0.3) is 10.6 Å².